The predicted molar refractivity (Wildman–Crippen MR) is 68.2 cm³/mol. The summed E-state index contributed by atoms with van der Waals surface area (Å²) in [5, 5.41) is 0. The first-order chi connectivity index (χ1) is 7.97. The van der Waals surface area contributed by atoms with Crippen molar-refractivity contribution < 1.29 is 4.79 Å². The third-order valence-electron chi connectivity index (χ3n) is 2.86. The first-order valence-corrected chi connectivity index (χ1v) is 5.82. The van der Waals surface area contributed by atoms with Gasteiger partial charge in [-0.25, -0.2) is 0 Å². The van der Waals surface area contributed by atoms with Crippen LogP contribution in [0.5, 0.6) is 0 Å². The number of nitrogens with zero attached hydrogens (tertiary/aromatic N) is 2. The van der Waals surface area contributed by atoms with Crippen molar-refractivity contribution in [1.29, 1.82) is 0 Å². The van der Waals surface area contributed by atoms with Gasteiger partial charge >= 0.3 is 0 Å². The lowest BCUT2D eigenvalue weighted by atomic mass is 9.87. The van der Waals surface area contributed by atoms with Crippen LogP contribution in [0.15, 0.2) is 24.5 Å². The van der Waals surface area contributed by atoms with Gasteiger partial charge in [0.15, 0.2) is 0 Å². The number of rotatable bonds is 5. The Morgan fingerprint density at radius 2 is 2.00 bits per heavy atom. The summed E-state index contributed by atoms with van der Waals surface area (Å²) in [6.45, 7) is 5.01. The van der Waals surface area contributed by atoms with Crippen LogP contribution in [0, 0.1) is 5.41 Å². The summed E-state index contributed by atoms with van der Waals surface area (Å²) in [7, 11) is 1.82. The number of hydrogen-bond acceptors (Lipinski definition) is 3. The summed E-state index contributed by atoms with van der Waals surface area (Å²) in [4.78, 5) is 17.9. The number of nitrogens with two attached hydrogens (primary N) is 1. The molecule has 94 valence electrons. The average molecular weight is 235 g/mol. The van der Waals surface area contributed by atoms with E-state index in [9.17, 15) is 4.79 Å². The standard InChI is InChI=1S/C13H21N3O/c1-13(2,6-7-14)12(17)16(3)10-11-4-8-15-9-5-11/h4-5,8-9H,6-7,10,14H2,1-3H3. The first kappa shape index (κ1) is 13.6. The van der Waals surface area contributed by atoms with Gasteiger partial charge in [0.2, 0.25) is 5.91 Å². The van der Waals surface area contributed by atoms with Crippen LogP contribution in [0.3, 0.4) is 0 Å². The molecule has 0 fully saturated rings. The van der Waals surface area contributed by atoms with E-state index in [0.29, 0.717) is 19.5 Å². The molecule has 17 heavy (non-hydrogen) atoms. The Balaban J connectivity index is 2.65. The number of carbonyl (C=O) groups is 1. The Labute approximate surface area is 103 Å². The van der Waals surface area contributed by atoms with Gasteiger partial charge in [-0.3, -0.25) is 9.78 Å². The van der Waals surface area contributed by atoms with Crippen molar-refractivity contribution in [3.8, 4) is 0 Å². The van der Waals surface area contributed by atoms with E-state index < -0.39 is 5.41 Å². The fourth-order valence-electron chi connectivity index (χ4n) is 1.82. The average Bonchev–Trinajstić information content (AvgIpc) is 2.29. The molecule has 1 amide bonds. The fourth-order valence-corrected chi connectivity index (χ4v) is 1.82. The molecule has 0 saturated heterocycles. The second-order valence-corrected chi connectivity index (χ2v) is 4.94. The maximum Gasteiger partial charge on any atom is 0.228 e. The number of amides is 1. The van der Waals surface area contributed by atoms with Crippen molar-refractivity contribution in [2.24, 2.45) is 11.1 Å². The maximum absolute atomic E-state index is 12.2. The molecule has 0 radical (unpaired) electrons. The van der Waals surface area contributed by atoms with Crippen LogP contribution in [0.2, 0.25) is 0 Å². The molecule has 0 aliphatic carbocycles. The minimum absolute atomic E-state index is 0.125. The molecule has 0 atom stereocenters. The largest absolute Gasteiger partial charge is 0.341 e. The molecule has 0 saturated carbocycles. The SMILES string of the molecule is CN(Cc1ccncc1)C(=O)C(C)(C)CCN. The van der Waals surface area contributed by atoms with Crippen LogP contribution in [-0.4, -0.2) is 29.4 Å². The Bertz CT molecular complexity index is 362. The van der Waals surface area contributed by atoms with E-state index >= 15 is 0 Å². The third kappa shape index (κ3) is 3.82. The molecule has 1 aromatic heterocycles. The van der Waals surface area contributed by atoms with Gasteiger partial charge < -0.3 is 10.6 Å². The lowest BCUT2D eigenvalue weighted by Crippen LogP contribution is -2.39. The Hall–Kier alpha value is -1.42. The van der Waals surface area contributed by atoms with Crippen LogP contribution in [0.4, 0.5) is 0 Å². The van der Waals surface area contributed by atoms with Gasteiger partial charge in [-0.05, 0) is 30.7 Å². The summed E-state index contributed by atoms with van der Waals surface area (Å²) in [5.41, 5.74) is 6.22. The van der Waals surface area contributed by atoms with Gasteiger partial charge in [0.1, 0.15) is 0 Å². The molecule has 1 aromatic rings. The van der Waals surface area contributed by atoms with E-state index in [2.05, 4.69) is 4.98 Å². The molecule has 0 aliphatic rings. The number of pyridine rings is 1. The van der Waals surface area contributed by atoms with Gasteiger partial charge in [0, 0.05) is 31.4 Å². The Kier molecular flexibility index (Phi) is 4.63. The summed E-state index contributed by atoms with van der Waals surface area (Å²) >= 11 is 0. The van der Waals surface area contributed by atoms with Crippen LogP contribution >= 0.6 is 0 Å². The Morgan fingerprint density at radius 1 is 1.41 bits per heavy atom. The van der Waals surface area contributed by atoms with Crippen molar-refractivity contribution in [2.45, 2.75) is 26.8 Å². The van der Waals surface area contributed by atoms with Gasteiger partial charge in [-0.15, -0.1) is 0 Å². The first-order valence-electron chi connectivity index (χ1n) is 5.82. The molecule has 0 aromatic carbocycles. The summed E-state index contributed by atoms with van der Waals surface area (Å²) in [5.74, 6) is 0.125. The van der Waals surface area contributed by atoms with Gasteiger partial charge in [-0.1, -0.05) is 13.8 Å². The van der Waals surface area contributed by atoms with Crippen molar-refractivity contribution >= 4 is 5.91 Å². The fraction of sp³-hybridized carbons (Fsp3) is 0.538. The number of hydrogen-bond donors (Lipinski definition) is 1. The number of carbonyl (C=O) groups excluding carboxylic acids is 1. The van der Waals surface area contributed by atoms with E-state index in [4.69, 9.17) is 5.73 Å². The van der Waals surface area contributed by atoms with Crippen LogP contribution < -0.4 is 5.73 Å². The number of aromatic nitrogens is 1. The minimum Gasteiger partial charge on any atom is -0.341 e. The minimum atomic E-state index is -0.392. The highest BCUT2D eigenvalue weighted by Crippen LogP contribution is 2.22. The molecule has 0 bridgehead atoms. The predicted octanol–water partition coefficient (Wildman–Crippen LogP) is 1.41. The summed E-state index contributed by atoms with van der Waals surface area (Å²) < 4.78 is 0. The monoisotopic (exact) mass is 235 g/mol. The zero-order valence-corrected chi connectivity index (χ0v) is 10.8. The molecular formula is C13H21N3O. The molecule has 4 heteroatoms. The van der Waals surface area contributed by atoms with Gasteiger partial charge in [-0.2, -0.15) is 0 Å². The second-order valence-electron chi connectivity index (χ2n) is 4.94. The van der Waals surface area contributed by atoms with Crippen LogP contribution in [0.1, 0.15) is 25.8 Å². The second kappa shape index (κ2) is 5.77. The zero-order valence-electron chi connectivity index (χ0n) is 10.8. The van der Waals surface area contributed by atoms with E-state index in [1.165, 1.54) is 0 Å². The Morgan fingerprint density at radius 3 is 2.53 bits per heavy atom. The summed E-state index contributed by atoms with van der Waals surface area (Å²) in [6, 6.07) is 3.83. The quantitative estimate of drug-likeness (QED) is 0.839. The molecule has 0 unspecified atom stereocenters. The summed E-state index contributed by atoms with van der Waals surface area (Å²) in [6.07, 6.45) is 4.17. The topological polar surface area (TPSA) is 59.2 Å². The third-order valence-corrected chi connectivity index (χ3v) is 2.86. The van der Waals surface area contributed by atoms with Gasteiger partial charge in [0.25, 0.3) is 0 Å². The lowest BCUT2D eigenvalue weighted by molar-refractivity contribution is -0.139. The van der Waals surface area contributed by atoms with Crippen molar-refractivity contribution in [2.75, 3.05) is 13.6 Å². The zero-order chi connectivity index (χ0) is 12.9. The highest BCUT2D eigenvalue weighted by atomic mass is 16.2. The maximum atomic E-state index is 12.2. The van der Waals surface area contributed by atoms with E-state index in [0.717, 1.165) is 5.56 Å². The highest BCUT2D eigenvalue weighted by molar-refractivity contribution is 5.81. The van der Waals surface area contributed by atoms with E-state index in [1.807, 2.05) is 33.0 Å². The van der Waals surface area contributed by atoms with Crippen LogP contribution in [-0.2, 0) is 11.3 Å². The molecule has 0 spiro atoms. The lowest BCUT2D eigenvalue weighted by Gasteiger charge is -2.29. The molecule has 4 nitrogen and oxygen atoms in total. The van der Waals surface area contributed by atoms with Crippen molar-refractivity contribution in [3.05, 3.63) is 30.1 Å². The van der Waals surface area contributed by atoms with Gasteiger partial charge in [0.05, 0.1) is 0 Å². The van der Waals surface area contributed by atoms with Crippen LogP contribution in [0.25, 0.3) is 0 Å². The smallest absolute Gasteiger partial charge is 0.228 e. The van der Waals surface area contributed by atoms with E-state index in [1.54, 1.807) is 17.3 Å². The van der Waals surface area contributed by atoms with E-state index in [-0.39, 0.29) is 5.91 Å². The normalized spacial score (nSPS) is 11.3. The van der Waals surface area contributed by atoms with Crippen molar-refractivity contribution in [1.82, 2.24) is 9.88 Å². The molecule has 0 aliphatic heterocycles. The van der Waals surface area contributed by atoms with Crippen molar-refractivity contribution in [3.63, 3.8) is 0 Å². The highest BCUT2D eigenvalue weighted by Gasteiger charge is 2.29. The molecule has 1 heterocycles. The molecular weight excluding hydrogens is 214 g/mol. The molecule has 1 rings (SSSR count). The molecule has 2 N–H and O–H groups in total.